The molecule has 0 amide bonds. The third-order valence-electron chi connectivity index (χ3n) is 0.568. The molecule has 0 aromatic rings. The Morgan fingerprint density at radius 2 is 1.22 bits per heavy atom. The second kappa shape index (κ2) is 3.79. The van der Waals surface area contributed by atoms with Crippen molar-refractivity contribution in [2.24, 2.45) is 0 Å². The zero-order chi connectivity index (χ0) is 7.33. The first-order valence-electron chi connectivity index (χ1n) is 2.56. The Balaban J connectivity index is 3.43. The van der Waals surface area contributed by atoms with Crippen molar-refractivity contribution in [3.05, 3.63) is 0 Å². The van der Waals surface area contributed by atoms with Gasteiger partial charge in [0.25, 0.3) is 0 Å². The van der Waals surface area contributed by atoms with Crippen LogP contribution in [0.5, 0.6) is 0 Å². The van der Waals surface area contributed by atoms with E-state index in [1.807, 2.05) is 0 Å². The average molecular weight is 136 g/mol. The second-order valence-electron chi connectivity index (χ2n) is 1.90. The Kier molecular flexibility index (Phi) is 3.72. The van der Waals surface area contributed by atoms with Gasteiger partial charge in [0.1, 0.15) is 0 Å². The Morgan fingerprint density at radius 3 is 1.44 bits per heavy atom. The normalized spacial score (nSPS) is 12.0. The smallest absolute Gasteiger partial charge is 0.228 e. The van der Waals surface area contributed by atoms with Crippen molar-refractivity contribution in [1.29, 1.82) is 0 Å². The highest BCUT2D eigenvalue weighted by atomic mass is 17.3. The van der Waals surface area contributed by atoms with Crippen molar-refractivity contribution in [2.45, 2.75) is 19.6 Å². The second-order valence-corrected chi connectivity index (χ2v) is 1.90. The molecule has 0 N–H and O–H groups in total. The van der Waals surface area contributed by atoms with Crippen molar-refractivity contribution in [3.63, 3.8) is 0 Å². The van der Waals surface area contributed by atoms with Crippen LogP contribution in [0.3, 0.4) is 0 Å². The first-order chi connectivity index (χ1) is 4.12. The Hall–Kier alpha value is -0.160. The first kappa shape index (κ1) is 8.84. The molecule has 0 aliphatic rings. The quantitative estimate of drug-likeness (QED) is 0.326. The van der Waals surface area contributed by atoms with E-state index in [9.17, 15) is 0 Å². The van der Waals surface area contributed by atoms with Crippen LogP contribution in [0.4, 0.5) is 0 Å². The Labute approximate surface area is 54.5 Å². The maximum absolute atomic E-state index is 4.62. The molecule has 0 fully saturated rings. The van der Waals surface area contributed by atoms with Crippen LogP contribution in [-0.4, -0.2) is 20.0 Å². The Morgan fingerprint density at radius 1 is 0.889 bits per heavy atom. The lowest BCUT2D eigenvalue weighted by molar-refractivity contribution is -0.488. The topological polar surface area (TPSA) is 36.9 Å². The predicted octanol–water partition coefficient (Wildman–Crippen LogP) is 0.878. The highest BCUT2D eigenvalue weighted by molar-refractivity contribution is 4.44. The van der Waals surface area contributed by atoms with E-state index in [1.165, 1.54) is 14.2 Å². The molecule has 0 saturated carbocycles. The molecule has 4 nitrogen and oxygen atoms in total. The average Bonchev–Trinajstić information content (AvgIpc) is 1.64. The van der Waals surface area contributed by atoms with Gasteiger partial charge in [0.05, 0.1) is 14.2 Å². The highest BCUT2D eigenvalue weighted by Crippen LogP contribution is 2.09. The maximum Gasteiger partial charge on any atom is 0.228 e. The summed E-state index contributed by atoms with van der Waals surface area (Å²) in [6, 6.07) is 0. The molecule has 0 unspecified atom stereocenters. The van der Waals surface area contributed by atoms with Gasteiger partial charge in [0.2, 0.25) is 5.79 Å². The van der Waals surface area contributed by atoms with Gasteiger partial charge in [-0.2, -0.15) is 9.78 Å². The summed E-state index contributed by atoms with van der Waals surface area (Å²) in [6.07, 6.45) is 0. The summed E-state index contributed by atoms with van der Waals surface area (Å²) < 4.78 is 0. The Bertz CT molecular complexity index is 63.4. The molecule has 0 aliphatic carbocycles. The minimum absolute atomic E-state index is 0.844. The lowest BCUT2D eigenvalue weighted by Gasteiger charge is -2.19. The van der Waals surface area contributed by atoms with E-state index >= 15 is 0 Å². The molecule has 0 radical (unpaired) electrons. The molecule has 0 spiro atoms. The predicted molar refractivity (Wildman–Crippen MR) is 30.3 cm³/mol. The molecule has 0 aromatic carbocycles. The molecule has 9 heavy (non-hydrogen) atoms. The van der Waals surface area contributed by atoms with Crippen LogP contribution < -0.4 is 0 Å². The fourth-order valence-electron chi connectivity index (χ4n) is 0.415. The van der Waals surface area contributed by atoms with Crippen LogP contribution in [0.25, 0.3) is 0 Å². The molecule has 56 valence electrons. The zero-order valence-electron chi connectivity index (χ0n) is 6.13. The van der Waals surface area contributed by atoms with Gasteiger partial charge in [-0.3, -0.25) is 0 Å². The zero-order valence-corrected chi connectivity index (χ0v) is 6.13. The third kappa shape index (κ3) is 4.35. The van der Waals surface area contributed by atoms with E-state index in [-0.39, 0.29) is 0 Å². The number of rotatable bonds is 4. The summed E-state index contributed by atoms with van der Waals surface area (Å²) in [5, 5.41) is 0. The van der Waals surface area contributed by atoms with Crippen LogP contribution in [0.1, 0.15) is 13.8 Å². The standard InChI is InChI=1S/C5H12O4/c1-5(2,8-6-3)9-7-4/h1-4H3. The van der Waals surface area contributed by atoms with Crippen molar-refractivity contribution < 1.29 is 19.6 Å². The van der Waals surface area contributed by atoms with Gasteiger partial charge >= 0.3 is 0 Å². The molecule has 0 bridgehead atoms. The van der Waals surface area contributed by atoms with E-state index < -0.39 is 5.79 Å². The van der Waals surface area contributed by atoms with Crippen LogP contribution in [0.2, 0.25) is 0 Å². The van der Waals surface area contributed by atoms with Gasteiger partial charge in [-0.25, -0.2) is 9.78 Å². The van der Waals surface area contributed by atoms with E-state index in [2.05, 4.69) is 19.6 Å². The lowest BCUT2D eigenvalue weighted by atomic mass is 10.4. The first-order valence-corrected chi connectivity index (χ1v) is 2.56. The summed E-state index contributed by atoms with van der Waals surface area (Å²) in [5.74, 6) is -0.844. The monoisotopic (exact) mass is 136 g/mol. The van der Waals surface area contributed by atoms with Crippen LogP contribution >= 0.6 is 0 Å². The molecule has 4 heteroatoms. The summed E-state index contributed by atoms with van der Waals surface area (Å²) in [4.78, 5) is 18.0. The van der Waals surface area contributed by atoms with Crippen molar-refractivity contribution in [1.82, 2.24) is 0 Å². The minimum Gasteiger partial charge on any atom is -0.237 e. The van der Waals surface area contributed by atoms with E-state index in [0.717, 1.165) is 0 Å². The summed E-state index contributed by atoms with van der Waals surface area (Å²) in [5.41, 5.74) is 0. The maximum atomic E-state index is 4.62. The van der Waals surface area contributed by atoms with E-state index in [1.54, 1.807) is 13.8 Å². The van der Waals surface area contributed by atoms with Crippen molar-refractivity contribution in [2.75, 3.05) is 14.2 Å². The molecule has 0 rings (SSSR count). The third-order valence-corrected chi connectivity index (χ3v) is 0.568. The summed E-state index contributed by atoms with van der Waals surface area (Å²) in [6.45, 7) is 3.33. The van der Waals surface area contributed by atoms with E-state index in [4.69, 9.17) is 0 Å². The number of hydrogen-bond acceptors (Lipinski definition) is 4. The minimum atomic E-state index is -0.844. The van der Waals surface area contributed by atoms with Crippen LogP contribution in [0, 0.1) is 0 Å². The van der Waals surface area contributed by atoms with Gasteiger partial charge in [-0.05, 0) is 13.8 Å². The van der Waals surface area contributed by atoms with Gasteiger partial charge in [0.15, 0.2) is 0 Å². The van der Waals surface area contributed by atoms with Crippen LogP contribution in [0.15, 0.2) is 0 Å². The molecule has 0 heterocycles. The molecule has 0 saturated heterocycles. The highest BCUT2D eigenvalue weighted by Gasteiger charge is 2.20. The van der Waals surface area contributed by atoms with Crippen molar-refractivity contribution >= 4 is 0 Å². The van der Waals surface area contributed by atoms with Gasteiger partial charge in [-0.15, -0.1) is 0 Å². The molecule has 0 aliphatic heterocycles. The molecule has 0 aromatic heterocycles. The number of hydrogen-bond donors (Lipinski definition) is 0. The van der Waals surface area contributed by atoms with Gasteiger partial charge in [-0.1, -0.05) is 0 Å². The molecular weight excluding hydrogens is 124 g/mol. The van der Waals surface area contributed by atoms with Gasteiger partial charge in [0, 0.05) is 0 Å². The fraction of sp³-hybridized carbons (Fsp3) is 1.00. The largest absolute Gasteiger partial charge is 0.237 e. The van der Waals surface area contributed by atoms with Crippen LogP contribution in [-0.2, 0) is 19.6 Å². The summed E-state index contributed by atoms with van der Waals surface area (Å²) in [7, 11) is 2.81. The SMILES string of the molecule is COOC(C)(C)OOC. The van der Waals surface area contributed by atoms with Gasteiger partial charge < -0.3 is 0 Å². The lowest BCUT2D eigenvalue weighted by Crippen LogP contribution is -2.27. The van der Waals surface area contributed by atoms with E-state index in [0.29, 0.717) is 0 Å². The summed E-state index contributed by atoms with van der Waals surface area (Å²) >= 11 is 0. The molecule has 0 atom stereocenters. The van der Waals surface area contributed by atoms with Crippen molar-refractivity contribution in [3.8, 4) is 0 Å². The fourth-order valence-corrected chi connectivity index (χ4v) is 0.415. The molecular formula is C5H12O4.